The van der Waals surface area contributed by atoms with E-state index in [9.17, 15) is 53.6 Å². The first-order valence-corrected chi connectivity index (χ1v) is 33.1. The van der Waals surface area contributed by atoms with Crippen LogP contribution in [0.5, 0.6) is 57.5 Å². The Kier molecular flexibility index (Phi) is 18.5. The number of phosphoric ester groups is 2. The number of aliphatic hydroxyl groups excluding tert-OH is 3. The lowest BCUT2D eigenvalue weighted by molar-refractivity contribution is -0.366. The molecule has 14 unspecified atom stereocenters. The summed E-state index contributed by atoms with van der Waals surface area (Å²) < 4.78 is 138. The van der Waals surface area contributed by atoms with Gasteiger partial charge in [-0.25, -0.2) is 9.13 Å². The van der Waals surface area contributed by atoms with Crippen LogP contribution in [0.15, 0.2) is 48.5 Å². The van der Waals surface area contributed by atoms with Crippen LogP contribution in [-0.2, 0) is 66.1 Å². The molecule has 4 aromatic rings. The summed E-state index contributed by atoms with van der Waals surface area (Å²) in [5.74, 6) is -4.51. The summed E-state index contributed by atoms with van der Waals surface area (Å²) in [5, 5.41) is 36.4. The van der Waals surface area contributed by atoms with Gasteiger partial charge in [-0.05, 0) is 95.9 Å². The van der Waals surface area contributed by atoms with Crippen molar-refractivity contribution in [3.8, 4) is 57.5 Å². The number of rotatable bonds is 16. The van der Waals surface area contributed by atoms with E-state index in [1.807, 2.05) is 13.0 Å². The monoisotopic (exact) mass is 1360 g/mol. The summed E-state index contributed by atoms with van der Waals surface area (Å²) in [6, 6.07) is 13.2. The Balaban J connectivity index is 0.000000171. The van der Waals surface area contributed by atoms with E-state index in [0.29, 0.717) is 62.9 Å². The number of fused-ring (bicyclic) bond motifs is 8. The summed E-state index contributed by atoms with van der Waals surface area (Å²) in [4.78, 5) is 65.2. The van der Waals surface area contributed by atoms with Gasteiger partial charge < -0.3 is 115 Å². The molecule has 0 amide bonds. The molecule has 512 valence electrons. The van der Waals surface area contributed by atoms with Crippen LogP contribution in [-0.4, -0.2) is 197 Å². The summed E-state index contributed by atoms with van der Waals surface area (Å²) in [5.41, 5.74) is 3.54. The lowest BCUT2D eigenvalue weighted by atomic mass is 9.66. The maximum atomic E-state index is 13.5. The Bertz CT molecular complexity index is 3570. The van der Waals surface area contributed by atoms with Gasteiger partial charge in [0.1, 0.15) is 36.6 Å². The van der Waals surface area contributed by atoms with E-state index in [2.05, 4.69) is 5.32 Å². The van der Waals surface area contributed by atoms with Crippen molar-refractivity contribution in [2.45, 2.75) is 106 Å². The second-order valence-electron chi connectivity index (χ2n) is 23.9. The summed E-state index contributed by atoms with van der Waals surface area (Å²) in [6.07, 6.45) is -11.5. The zero-order valence-electron chi connectivity index (χ0n) is 51.4. The summed E-state index contributed by atoms with van der Waals surface area (Å²) >= 11 is 0. The molecule has 20 atom stereocenters. The van der Waals surface area contributed by atoms with Crippen molar-refractivity contribution in [1.82, 2.24) is 5.32 Å². The number of ether oxygens (including phenoxy) is 18. The maximum absolute atomic E-state index is 13.5. The number of esters is 2. The summed E-state index contributed by atoms with van der Waals surface area (Å²) in [6.45, 7) is 4.23. The molecule has 2 aliphatic carbocycles. The predicted octanol–water partition coefficient (Wildman–Crippen LogP) is 2.68. The first-order chi connectivity index (χ1) is 45.0. The normalized spacial score (nSPS) is 34.1. The Labute approximate surface area is 535 Å². The van der Waals surface area contributed by atoms with Gasteiger partial charge >= 0.3 is 27.6 Å². The molecule has 0 saturated carbocycles. The van der Waals surface area contributed by atoms with Crippen molar-refractivity contribution in [2.75, 3.05) is 82.0 Å². The number of carbonyl (C=O) groups is 2. The van der Waals surface area contributed by atoms with Crippen molar-refractivity contribution < 1.29 is 148 Å². The van der Waals surface area contributed by atoms with Crippen molar-refractivity contribution in [1.29, 1.82) is 0 Å². The molecule has 4 aromatic carbocycles. The van der Waals surface area contributed by atoms with Crippen LogP contribution in [0.4, 0.5) is 0 Å². The highest BCUT2D eigenvalue weighted by Crippen LogP contribution is 2.61. The molecule has 14 rings (SSSR count). The highest BCUT2D eigenvalue weighted by atomic mass is 31.2. The first-order valence-electron chi connectivity index (χ1n) is 30.0. The lowest BCUT2D eigenvalue weighted by Gasteiger charge is -2.48. The minimum Gasteiger partial charge on any atom is -0.493 e. The molecule has 6 fully saturated rings. The minimum atomic E-state index is -5.01. The van der Waals surface area contributed by atoms with Gasteiger partial charge in [0.05, 0.1) is 85.0 Å². The standard InChI is InChI=1S/C30H36NO16P.C30H35O15P/c1-31-8-21-40-10-20-28(45-21)24(32)25(33)30(44-20)46-26-14-7-17-16(42-11-43-17)6-13(14)22(23-15(26)9-41-29(23)34)12-4-18(38-2)27(19(5-12)39-3)47-48(35,36)37;1-12-25(31)28-22(10-38-13(2)42-28)43-30(12)44-26-16-8-19-18(40-11-41-19)7-15(16)23(24-17(26)9-39-29(24)32)14-5-20(36-3)27(21(6-14)37-4)45-46(33,34)35/h4-7,15,20-26,28,30-33H,8-11H2,1-3H3,(H2,35,36,37);5-8,12-13,17,22-26,28,30-31H,9-11H2,1-4H3,(H2,33,34,35)/t15-,20?,21?,22?,23-,24?,25?,26+,28?,30?;12?,13?,17-,22?,23?,24-,25?,26+,28?,30?/m00/s1. The Morgan fingerprint density at radius 2 is 0.926 bits per heavy atom. The van der Waals surface area contributed by atoms with E-state index >= 15 is 0 Å². The van der Waals surface area contributed by atoms with Gasteiger partial charge in [-0.15, -0.1) is 0 Å². The molecule has 6 saturated heterocycles. The largest absolute Gasteiger partial charge is 0.525 e. The first kappa shape index (κ1) is 66.3. The molecule has 8 N–H and O–H groups in total. The van der Waals surface area contributed by atoms with E-state index in [4.69, 9.17) is 94.3 Å². The fraction of sp³-hybridized carbons (Fsp3) is 0.567. The maximum Gasteiger partial charge on any atom is 0.525 e. The van der Waals surface area contributed by atoms with Crippen molar-refractivity contribution in [2.24, 2.45) is 29.6 Å². The van der Waals surface area contributed by atoms with Crippen molar-refractivity contribution in [3.63, 3.8) is 0 Å². The smallest absolute Gasteiger partial charge is 0.493 e. The second-order valence-corrected chi connectivity index (χ2v) is 26.2. The van der Waals surface area contributed by atoms with Gasteiger partial charge in [0, 0.05) is 36.1 Å². The number of hydrogen-bond acceptors (Lipinski definition) is 28. The number of phosphoric acid groups is 2. The van der Waals surface area contributed by atoms with Crippen molar-refractivity contribution >= 4 is 27.6 Å². The topological polar surface area (TPSA) is 407 Å². The highest BCUT2D eigenvalue weighted by molar-refractivity contribution is 7.47. The second kappa shape index (κ2) is 26.2. The Morgan fingerprint density at radius 1 is 0.511 bits per heavy atom. The van der Waals surface area contributed by atoms with Crippen LogP contribution in [0.3, 0.4) is 0 Å². The van der Waals surface area contributed by atoms with Gasteiger partial charge in [0.25, 0.3) is 0 Å². The molecule has 8 aliphatic heterocycles. The molecule has 10 aliphatic rings. The van der Waals surface area contributed by atoms with Gasteiger partial charge in [-0.1, -0.05) is 6.92 Å². The average Bonchev–Trinajstić information content (AvgIpc) is 1.39. The number of benzene rings is 4. The summed E-state index contributed by atoms with van der Waals surface area (Å²) in [7, 11) is -3.01. The molecular formula is C60H71NO31P2. The zero-order chi connectivity index (χ0) is 66.4. The Morgan fingerprint density at radius 3 is 1.36 bits per heavy atom. The van der Waals surface area contributed by atoms with E-state index in [1.54, 1.807) is 44.3 Å². The van der Waals surface area contributed by atoms with Crippen LogP contribution in [0, 0.1) is 29.6 Å². The molecular weight excluding hydrogens is 1290 g/mol. The van der Waals surface area contributed by atoms with Gasteiger partial charge in [0.15, 0.2) is 71.2 Å². The zero-order valence-corrected chi connectivity index (χ0v) is 53.2. The number of methoxy groups -OCH3 is 4. The van der Waals surface area contributed by atoms with E-state index in [1.165, 1.54) is 40.6 Å². The Hall–Kier alpha value is -6.36. The third-order valence-corrected chi connectivity index (χ3v) is 19.3. The molecule has 0 aromatic heterocycles. The van der Waals surface area contributed by atoms with E-state index in [0.717, 1.165) is 0 Å². The number of hydrogen-bond donors (Lipinski definition) is 8. The quantitative estimate of drug-likeness (QED) is 0.0590. The van der Waals surface area contributed by atoms with Crippen LogP contribution in [0.1, 0.15) is 71.3 Å². The fourth-order valence-corrected chi connectivity index (χ4v) is 15.1. The molecule has 0 spiro atoms. The van der Waals surface area contributed by atoms with Crippen LogP contribution in [0.2, 0.25) is 0 Å². The fourth-order valence-electron chi connectivity index (χ4n) is 14.3. The van der Waals surface area contributed by atoms with Gasteiger partial charge in [-0.2, -0.15) is 0 Å². The van der Waals surface area contributed by atoms with Gasteiger partial charge in [-0.3, -0.25) is 29.2 Å². The third kappa shape index (κ3) is 12.4. The van der Waals surface area contributed by atoms with Gasteiger partial charge in [0.2, 0.25) is 25.1 Å². The van der Waals surface area contributed by atoms with E-state index < -0.39 is 149 Å². The molecule has 8 heterocycles. The van der Waals surface area contributed by atoms with Crippen LogP contribution >= 0.6 is 15.6 Å². The minimum absolute atomic E-state index is 0.00975. The van der Waals surface area contributed by atoms with Crippen molar-refractivity contribution in [3.05, 3.63) is 81.9 Å². The lowest BCUT2D eigenvalue weighted by Crippen LogP contribution is -2.64. The highest BCUT2D eigenvalue weighted by Gasteiger charge is 2.59. The van der Waals surface area contributed by atoms with E-state index in [-0.39, 0.29) is 74.5 Å². The number of cyclic esters (lactones) is 2. The number of aliphatic hydroxyl groups is 3. The third-order valence-electron chi connectivity index (χ3n) is 18.5. The molecule has 32 nitrogen and oxygen atoms in total. The SMILES string of the molecule is CNCC1OCC2OC(O[C@@H]3c4cc5c(cc4C(c4cc(OC)c(OP(=O)(O)O)c(OC)c4)[C@H]4C(=O)OC[C@H]34)OCO5)C(O)C(O)C2O1.COc1cc(C2c3cc4c(cc3[C@@H](OC3OC5COC(C)OC5C(O)C3C)[C@H]3COC(=O)[C@H]23)OCO4)cc(OC)c1OP(=O)(O)O. The average molecular weight is 1360 g/mol. The van der Waals surface area contributed by atoms with Crippen LogP contribution < -0.4 is 52.3 Å². The molecule has 0 bridgehead atoms. The number of likely N-dealkylation sites (N-methyl/N-ethyl adjacent to an activating group) is 1. The number of nitrogens with one attached hydrogen (secondary N) is 1. The predicted molar refractivity (Wildman–Crippen MR) is 310 cm³/mol. The molecule has 94 heavy (non-hydrogen) atoms. The number of carbonyl (C=O) groups excluding carboxylic acids is 2. The van der Waals surface area contributed by atoms with Crippen LogP contribution in [0.25, 0.3) is 0 Å². The molecule has 34 heteroatoms. The molecule has 0 radical (unpaired) electrons.